The molecular weight excluding hydrogens is 500 g/mol. The van der Waals surface area contributed by atoms with Gasteiger partial charge in [-0.05, 0) is 85.6 Å². The number of thioether (sulfide) groups is 1. The molecule has 0 aliphatic rings. The topological polar surface area (TPSA) is 123 Å². The number of amides is 1. The average molecular weight is 525 g/mol. The van der Waals surface area contributed by atoms with Gasteiger partial charge in [0.05, 0.1) is 17.8 Å². The van der Waals surface area contributed by atoms with Crippen LogP contribution in [0, 0.1) is 13.8 Å². The Balaban J connectivity index is 1.35. The Morgan fingerprint density at radius 1 is 0.944 bits per heavy atom. The van der Waals surface area contributed by atoms with Gasteiger partial charge in [-0.25, -0.2) is 8.42 Å². The molecule has 0 atom stereocenters. The van der Waals surface area contributed by atoms with E-state index in [1.165, 1.54) is 19.2 Å². The molecule has 0 saturated heterocycles. The van der Waals surface area contributed by atoms with Gasteiger partial charge in [0.25, 0.3) is 15.2 Å². The monoisotopic (exact) mass is 524 g/mol. The van der Waals surface area contributed by atoms with E-state index in [2.05, 4.69) is 20.2 Å². The van der Waals surface area contributed by atoms with E-state index >= 15 is 0 Å². The van der Waals surface area contributed by atoms with Gasteiger partial charge in [0.15, 0.2) is 0 Å². The fourth-order valence-electron chi connectivity index (χ4n) is 3.41. The van der Waals surface area contributed by atoms with Crippen LogP contribution in [0.3, 0.4) is 0 Å². The summed E-state index contributed by atoms with van der Waals surface area (Å²) >= 11 is 1.13. The average Bonchev–Trinajstić information content (AvgIpc) is 3.31. The maximum atomic E-state index is 12.6. The van der Waals surface area contributed by atoms with Gasteiger partial charge in [-0.1, -0.05) is 17.8 Å². The summed E-state index contributed by atoms with van der Waals surface area (Å²) < 4.78 is 38.5. The first-order valence-electron chi connectivity index (χ1n) is 10.8. The maximum Gasteiger partial charge on any atom is 0.277 e. The third-order valence-corrected chi connectivity index (χ3v) is 7.21. The largest absolute Gasteiger partial charge is 0.497 e. The van der Waals surface area contributed by atoms with Crippen molar-refractivity contribution in [1.82, 2.24) is 10.2 Å². The van der Waals surface area contributed by atoms with Crippen molar-refractivity contribution in [3.63, 3.8) is 0 Å². The van der Waals surface area contributed by atoms with E-state index < -0.39 is 10.0 Å². The number of hydrogen-bond donors (Lipinski definition) is 2. The van der Waals surface area contributed by atoms with Crippen molar-refractivity contribution >= 4 is 39.1 Å². The SMILES string of the molecule is COc1ccc(S(=O)(=O)Nc2ccc(-c3nnc(SCC(=O)Nc4cc(C)cc(C)c4)o3)cc2)cc1. The molecule has 0 unspecified atom stereocenters. The zero-order valence-corrected chi connectivity index (χ0v) is 21.4. The molecule has 3 aromatic carbocycles. The third kappa shape index (κ3) is 6.43. The van der Waals surface area contributed by atoms with E-state index in [1.54, 1.807) is 36.4 Å². The minimum atomic E-state index is -3.75. The number of aryl methyl sites for hydroxylation is 2. The molecule has 0 bridgehead atoms. The lowest BCUT2D eigenvalue weighted by Gasteiger charge is -2.09. The van der Waals surface area contributed by atoms with Gasteiger partial charge < -0.3 is 14.5 Å². The number of hydrogen-bond acceptors (Lipinski definition) is 8. The van der Waals surface area contributed by atoms with Crippen LogP contribution >= 0.6 is 11.8 Å². The third-order valence-electron chi connectivity index (χ3n) is 4.99. The first-order valence-corrected chi connectivity index (χ1v) is 13.3. The lowest BCUT2D eigenvalue weighted by atomic mass is 10.1. The van der Waals surface area contributed by atoms with Crippen LogP contribution in [0.1, 0.15) is 11.1 Å². The van der Waals surface area contributed by atoms with Crippen molar-refractivity contribution in [3.8, 4) is 17.2 Å². The molecule has 0 saturated carbocycles. The van der Waals surface area contributed by atoms with E-state index in [0.717, 1.165) is 28.6 Å². The smallest absolute Gasteiger partial charge is 0.277 e. The van der Waals surface area contributed by atoms with E-state index in [9.17, 15) is 13.2 Å². The van der Waals surface area contributed by atoms with E-state index in [0.29, 0.717) is 17.0 Å². The number of anilines is 2. The van der Waals surface area contributed by atoms with Gasteiger partial charge in [-0.15, -0.1) is 10.2 Å². The number of rotatable bonds is 9. The summed E-state index contributed by atoms with van der Waals surface area (Å²) in [6.07, 6.45) is 0. The van der Waals surface area contributed by atoms with Crippen LogP contribution in [0.25, 0.3) is 11.5 Å². The molecule has 0 spiro atoms. The number of sulfonamides is 1. The molecule has 4 aromatic rings. The molecule has 0 fully saturated rings. The second-order valence-electron chi connectivity index (χ2n) is 7.94. The summed E-state index contributed by atoms with van der Waals surface area (Å²) in [6.45, 7) is 3.94. The Morgan fingerprint density at radius 2 is 1.61 bits per heavy atom. The second kappa shape index (κ2) is 10.8. The van der Waals surface area contributed by atoms with Crippen LogP contribution in [-0.2, 0) is 14.8 Å². The van der Waals surface area contributed by atoms with Crippen molar-refractivity contribution in [2.75, 3.05) is 22.9 Å². The molecule has 9 nitrogen and oxygen atoms in total. The molecule has 11 heteroatoms. The van der Waals surface area contributed by atoms with Crippen molar-refractivity contribution in [2.45, 2.75) is 24.0 Å². The van der Waals surface area contributed by atoms with E-state index in [-0.39, 0.29) is 27.7 Å². The lowest BCUT2D eigenvalue weighted by molar-refractivity contribution is -0.113. The first kappa shape index (κ1) is 25.3. The Labute approximate surface area is 213 Å². The predicted octanol–water partition coefficient (Wildman–Crippen LogP) is 4.89. The molecule has 36 heavy (non-hydrogen) atoms. The number of carbonyl (C=O) groups is 1. The van der Waals surface area contributed by atoms with Gasteiger partial charge in [0.1, 0.15) is 5.75 Å². The summed E-state index contributed by atoms with van der Waals surface area (Å²) in [5.41, 5.74) is 3.87. The second-order valence-corrected chi connectivity index (χ2v) is 10.6. The molecule has 0 radical (unpaired) electrons. The Hall–Kier alpha value is -3.83. The predicted molar refractivity (Wildman–Crippen MR) is 139 cm³/mol. The highest BCUT2D eigenvalue weighted by molar-refractivity contribution is 7.99. The number of nitrogens with one attached hydrogen (secondary N) is 2. The summed E-state index contributed by atoms with van der Waals surface area (Å²) in [4.78, 5) is 12.4. The van der Waals surface area contributed by atoms with Gasteiger partial charge in [0, 0.05) is 16.9 Å². The van der Waals surface area contributed by atoms with E-state index in [4.69, 9.17) is 9.15 Å². The summed E-state index contributed by atoms with van der Waals surface area (Å²) in [7, 11) is -2.24. The fourth-order valence-corrected chi connectivity index (χ4v) is 5.03. The van der Waals surface area contributed by atoms with Crippen molar-refractivity contribution in [2.24, 2.45) is 0 Å². The van der Waals surface area contributed by atoms with Gasteiger partial charge in [-0.2, -0.15) is 0 Å². The number of methoxy groups -OCH3 is 1. The van der Waals surface area contributed by atoms with Crippen molar-refractivity contribution < 1.29 is 22.4 Å². The minimum Gasteiger partial charge on any atom is -0.497 e. The molecule has 2 N–H and O–H groups in total. The van der Waals surface area contributed by atoms with Crippen LogP contribution in [0.4, 0.5) is 11.4 Å². The molecule has 0 aliphatic heterocycles. The highest BCUT2D eigenvalue weighted by atomic mass is 32.2. The number of aromatic nitrogens is 2. The van der Waals surface area contributed by atoms with Crippen molar-refractivity contribution in [1.29, 1.82) is 0 Å². The van der Waals surface area contributed by atoms with Crippen LogP contribution in [0.15, 0.2) is 81.3 Å². The molecule has 1 heterocycles. The number of nitrogens with zero attached hydrogens (tertiary/aromatic N) is 2. The Kier molecular flexibility index (Phi) is 7.61. The number of benzene rings is 3. The van der Waals surface area contributed by atoms with Gasteiger partial charge in [-0.3, -0.25) is 9.52 Å². The quantitative estimate of drug-likeness (QED) is 0.297. The van der Waals surface area contributed by atoms with Gasteiger partial charge >= 0.3 is 0 Å². The zero-order valence-electron chi connectivity index (χ0n) is 19.8. The number of ether oxygens (including phenoxy) is 1. The lowest BCUT2D eigenvalue weighted by Crippen LogP contribution is -2.14. The Bertz CT molecular complexity index is 1450. The molecule has 0 aliphatic carbocycles. The van der Waals surface area contributed by atoms with E-state index in [1.807, 2.05) is 32.0 Å². The fraction of sp³-hybridized carbons (Fsp3) is 0.160. The summed E-state index contributed by atoms with van der Waals surface area (Å²) in [5.74, 6) is 0.758. The minimum absolute atomic E-state index is 0.112. The maximum absolute atomic E-state index is 12.6. The molecule has 4 rings (SSSR count). The molecular formula is C25H24N4O5S2. The first-order chi connectivity index (χ1) is 17.2. The number of carbonyl (C=O) groups excluding carboxylic acids is 1. The summed E-state index contributed by atoms with van der Waals surface area (Å²) in [5, 5.41) is 11.1. The molecule has 1 aromatic heterocycles. The Morgan fingerprint density at radius 3 is 2.25 bits per heavy atom. The standard InChI is InChI=1S/C25H24N4O5S2/c1-16-12-17(2)14-20(13-16)26-23(30)15-35-25-28-27-24(34-25)18-4-6-19(7-5-18)29-36(31,32)22-10-8-21(33-3)9-11-22/h4-14,29H,15H2,1-3H3,(H,26,30). The highest BCUT2D eigenvalue weighted by Crippen LogP contribution is 2.26. The normalized spacial score (nSPS) is 11.2. The van der Waals surface area contributed by atoms with Crippen LogP contribution in [-0.4, -0.2) is 37.4 Å². The van der Waals surface area contributed by atoms with Crippen LogP contribution < -0.4 is 14.8 Å². The van der Waals surface area contributed by atoms with Gasteiger partial charge in [0.2, 0.25) is 11.8 Å². The zero-order chi connectivity index (χ0) is 25.7. The molecule has 186 valence electrons. The summed E-state index contributed by atoms with van der Waals surface area (Å²) in [6, 6.07) is 18.5. The molecule has 1 amide bonds. The highest BCUT2D eigenvalue weighted by Gasteiger charge is 2.16. The van der Waals surface area contributed by atoms with Crippen LogP contribution in [0.2, 0.25) is 0 Å². The van der Waals surface area contributed by atoms with Crippen molar-refractivity contribution in [3.05, 3.63) is 77.9 Å². The van der Waals surface area contributed by atoms with Crippen LogP contribution in [0.5, 0.6) is 5.75 Å².